The molecule has 132 valence electrons. The summed E-state index contributed by atoms with van der Waals surface area (Å²) < 4.78 is 32.2. The lowest BCUT2D eigenvalue weighted by Gasteiger charge is -2.24. The number of rotatable bonds is 3. The highest BCUT2D eigenvalue weighted by Crippen LogP contribution is 2.33. The Bertz CT molecular complexity index is 937. The van der Waals surface area contributed by atoms with Gasteiger partial charge in [0.15, 0.2) is 11.5 Å². The van der Waals surface area contributed by atoms with Gasteiger partial charge in [0.25, 0.3) is 5.91 Å². The van der Waals surface area contributed by atoms with E-state index in [2.05, 4.69) is 5.16 Å². The maximum absolute atomic E-state index is 13.9. The van der Waals surface area contributed by atoms with E-state index in [9.17, 15) is 13.6 Å². The van der Waals surface area contributed by atoms with Gasteiger partial charge in [-0.15, -0.1) is 0 Å². The van der Waals surface area contributed by atoms with Gasteiger partial charge >= 0.3 is 0 Å². The van der Waals surface area contributed by atoms with Crippen LogP contribution in [0.5, 0.6) is 0 Å². The third-order valence-electron chi connectivity index (χ3n) is 4.64. The van der Waals surface area contributed by atoms with Crippen LogP contribution in [0.1, 0.15) is 34.9 Å². The predicted molar refractivity (Wildman–Crippen MR) is 91.3 cm³/mol. The molecule has 0 radical (unpaired) electrons. The molecule has 0 spiro atoms. The van der Waals surface area contributed by atoms with Crippen molar-refractivity contribution >= 4 is 5.91 Å². The third kappa shape index (κ3) is 2.98. The molecule has 1 saturated heterocycles. The quantitative estimate of drug-likeness (QED) is 0.691. The van der Waals surface area contributed by atoms with Gasteiger partial charge in [-0.05, 0) is 42.7 Å². The Balaban J connectivity index is 1.59. The number of aromatic nitrogens is 1. The molecular formula is C20H16F2N2O2. The molecule has 1 aliphatic rings. The van der Waals surface area contributed by atoms with Crippen LogP contribution in [0.3, 0.4) is 0 Å². The molecule has 3 aromatic rings. The Kier molecular flexibility index (Phi) is 4.24. The number of hydrogen-bond acceptors (Lipinski definition) is 3. The van der Waals surface area contributed by atoms with Crippen molar-refractivity contribution in [1.82, 2.24) is 10.1 Å². The molecule has 0 saturated carbocycles. The summed E-state index contributed by atoms with van der Waals surface area (Å²) >= 11 is 0. The highest BCUT2D eigenvalue weighted by atomic mass is 19.1. The maximum atomic E-state index is 13.9. The number of nitrogens with zero attached hydrogens (tertiary/aromatic N) is 2. The molecule has 0 aliphatic carbocycles. The Morgan fingerprint density at radius 1 is 1.12 bits per heavy atom. The Hall–Kier alpha value is -3.02. The van der Waals surface area contributed by atoms with E-state index >= 15 is 0 Å². The normalized spacial score (nSPS) is 16.8. The monoisotopic (exact) mass is 354 g/mol. The van der Waals surface area contributed by atoms with E-state index in [0.29, 0.717) is 6.54 Å². The molecule has 0 bridgehead atoms. The van der Waals surface area contributed by atoms with Crippen LogP contribution in [-0.2, 0) is 0 Å². The zero-order valence-electron chi connectivity index (χ0n) is 13.9. The van der Waals surface area contributed by atoms with E-state index in [4.69, 9.17) is 4.52 Å². The number of carbonyl (C=O) groups is 1. The number of halogens is 2. The van der Waals surface area contributed by atoms with Gasteiger partial charge in [-0.3, -0.25) is 4.79 Å². The van der Waals surface area contributed by atoms with E-state index in [1.807, 2.05) is 0 Å². The van der Waals surface area contributed by atoms with Crippen LogP contribution in [0.15, 0.2) is 59.1 Å². The lowest BCUT2D eigenvalue weighted by Crippen LogP contribution is -2.30. The standard InChI is InChI=1S/C20H16F2N2O2/c21-14-9-7-13(8-10-14)18-6-3-11-24(18)20(25)17-12-19(26-23-17)15-4-1-2-5-16(15)22/h1-2,4-5,7-10,12,18H,3,6,11H2. The lowest BCUT2D eigenvalue weighted by molar-refractivity contribution is 0.0725. The second-order valence-electron chi connectivity index (χ2n) is 6.26. The molecule has 6 heteroatoms. The molecule has 1 amide bonds. The largest absolute Gasteiger partial charge is 0.355 e. The minimum Gasteiger partial charge on any atom is -0.355 e. The summed E-state index contributed by atoms with van der Waals surface area (Å²) in [6.45, 7) is 0.586. The lowest BCUT2D eigenvalue weighted by atomic mass is 10.0. The van der Waals surface area contributed by atoms with Crippen molar-refractivity contribution in [2.45, 2.75) is 18.9 Å². The first kappa shape index (κ1) is 16.4. The molecular weight excluding hydrogens is 338 g/mol. The smallest absolute Gasteiger partial charge is 0.276 e. The molecule has 4 rings (SSSR count). The number of likely N-dealkylation sites (tertiary alicyclic amines) is 1. The third-order valence-corrected chi connectivity index (χ3v) is 4.64. The molecule has 1 aromatic heterocycles. The molecule has 0 N–H and O–H groups in total. The summed E-state index contributed by atoms with van der Waals surface area (Å²) in [4.78, 5) is 14.6. The molecule has 2 aromatic carbocycles. The van der Waals surface area contributed by atoms with Gasteiger partial charge in [-0.1, -0.05) is 29.4 Å². The van der Waals surface area contributed by atoms with Gasteiger partial charge in [-0.25, -0.2) is 8.78 Å². The van der Waals surface area contributed by atoms with Crippen molar-refractivity contribution in [3.63, 3.8) is 0 Å². The molecule has 1 unspecified atom stereocenters. The summed E-state index contributed by atoms with van der Waals surface area (Å²) in [5.74, 6) is -0.809. The average Bonchev–Trinajstić information content (AvgIpc) is 3.32. The van der Waals surface area contributed by atoms with E-state index in [-0.39, 0.29) is 34.8 Å². The van der Waals surface area contributed by atoms with E-state index in [1.165, 1.54) is 24.3 Å². The summed E-state index contributed by atoms with van der Waals surface area (Å²) in [6.07, 6.45) is 1.65. The Morgan fingerprint density at radius 3 is 2.65 bits per heavy atom. The fraction of sp³-hybridized carbons (Fsp3) is 0.200. The van der Waals surface area contributed by atoms with Crippen molar-refractivity contribution in [3.8, 4) is 11.3 Å². The molecule has 2 heterocycles. The SMILES string of the molecule is O=C(c1cc(-c2ccccc2F)on1)N1CCCC1c1ccc(F)cc1. The summed E-state index contributed by atoms with van der Waals surface area (Å²) in [7, 11) is 0. The molecule has 1 fully saturated rings. The van der Waals surface area contributed by atoms with Crippen molar-refractivity contribution in [1.29, 1.82) is 0 Å². The fourth-order valence-corrected chi connectivity index (χ4v) is 3.35. The zero-order valence-corrected chi connectivity index (χ0v) is 13.9. The van der Waals surface area contributed by atoms with Crippen LogP contribution in [0.2, 0.25) is 0 Å². The second kappa shape index (κ2) is 6.71. The van der Waals surface area contributed by atoms with E-state index in [0.717, 1.165) is 18.4 Å². The topological polar surface area (TPSA) is 46.3 Å². The zero-order chi connectivity index (χ0) is 18.1. The first-order chi connectivity index (χ1) is 12.6. The van der Waals surface area contributed by atoms with Gasteiger partial charge < -0.3 is 9.42 Å². The van der Waals surface area contributed by atoms with E-state index < -0.39 is 5.82 Å². The van der Waals surface area contributed by atoms with E-state index in [1.54, 1.807) is 35.2 Å². The van der Waals surface area contributed by atoms with Gasteiger partial charge in [-0.2, -0.15) is 0 Å². The van der Waals surface area contributed by atoms with Crippen LogP contribution in [0, 0.1) is 11.6 Å². The molecule has 1 aliphatic heterocycles. The summed E-state index contributed by atoms with van der Waals surface area (Å²) in [5, 5.41) is 3.83. The van der Waals surface area contributed by atoms with Crippen molar-refractivity contribution in [2.24, 2.45) is 0 Å². The van der Waals surface area contributed by atoms with Crippen LogP contribution >= 0.6 is 0 Å². The molecule has 4 nitrogen and oxygen atoms in total. The minimum absolute atomic E-state index is 0.128. The van der Waals surface area contributed by atoms with Gasteiger partial charge in [0.1, 0.15) is 11.6 Å². The van der Waals surface area contributed by atoms with Crippen LogP contribution in [-0.4, -0.2) is 22.5 Å². The highest BCUT2D eigenvalue weighted by molar-refractivity contribution is 5.93. The van der Waals surface area contributed by atoms with Crippen molar-refractivity contribution < 1.29 is 18.1 Å². The number of carbonyl (C=O) groups excluding carboxylic acids is 1. The average molecular weight is 354 g/mol. The van der Waals surface area contributed by atoms with Crippen LogP contribution in [0.4, 0.5) is 8.78 Å². The van der Waals surface area contributed by atoms with Gasteiger partial charge in [0.05, 0.1) is 11.6 Å². The first-order valence-corrected chi connectivity index (χ1v) is 8.41. The van der Waals surface area contributed by atoms with Crippen molar-refractivity contribution in [3.05, 3.63) is 77.5 Å². The Labute approximate surface area is 149 Å². The highest BCUT2D eigenvalue weighted by Gasteiger charge is 2.32. The summed E-state index contributed by atoms with van der Waals surface area (Å²) in [6, 6.07) is 13.7. The first-order valence-electron chi connectivity index (χ1n) is 8.41. The maximum Gasteiger partial charge on any atom is 0.276 e. The van der Waals surface area contributed by atoms with Gasteiger partial charge in [0.2, 0.25) is 0 Å². The number of amides is 1. The number of hydrogen-bond donors (Lipinski definition) is 0. The predicted octanol–water partition coefficient (Wildman–Crippen LogP) is 4.60. The minimum atomic E-state index is -0.437. The Morgan fingerprint density at radius 2 is 1.88 bits per heavy atom. The molecule has 26 heavy (non-hydrogen) atoms. The van der Waals surface area contributed by atoms with Crippen molar-refractivity contribution in [2.75, 3.05) is 6.54 Å². The number of benzene rings is 2. The summed E-state index contributed by atoms with van der Waals surface area (Å²) in [5.41, 5.74) is 1.28. The van der Waals surface area contributed by atoms with Crippen LogP contribution < -0.4 is 0 Å². The van der Waals surface area contributed by atoms with Gasteiger partial charge in [0, 0.05) is 12.6 Å². The fourth-order valence-electron chi connectivity index (χ4n) is 3.35. The van der Waals surface area contributed by atoms with Crippen LogP contribution in [0.25, 0.3) is 11.3 Å². The molecule has 1 atom stereocenters. The second-order valence-corrected chi connectivity index (χ2v) is 6.26.